The standard InChI is InChI=1S/C30H38O2/c1-5-7-9-11-13-21-31-29-25-19-15-18-24(4)28(25)30(32-22-14-12-10-8-6-2)26-20-16-17-23(3)27(26)29/h11-20H,5-10,21-22H2,1-4H3/b13-11+,14-12+. The first-order valence-electron chi connectivity index (χ1n) is 12.2. The van der Waals surface area contributed by atoms with Crippen molar-refractivity contribution in [1.82, 2.24) is 0 Å². The molecule has 0 bridgehead atoms. The van der Waals surface area contributed by atoms with Crippen LogP contribution >= 0.6 is 0 Å². The van der Waals surface area contributed by atoms with E-state index in [9.17, 15) is 0 Å². The zero-order valence-corrected chi connectivity index (χ0v) is 20.2. The van der Waals surface area contributed by atoms with E-state index in [4.69, 9.17) is 9.47 Å². The van der Waals surface area contributed by atoms with E-state index in [1.807, 2.05) is 0 Å². The first-order valence-corrected chi connectivity index (χ1v) is 12.2. The molecule has 0 spiro atoms. The first-order chi connectivity index (χ1) is 15.7. The van der Waals surface area contributed by atoms with Gasteiger partial charge in [0.1, 0.15) is 24.7 Å². The Labute approximate surface area is 193 Å². The van der Waals surface area contributed by atoms with E-state index >= 15 is 0 Å². The smallest absolute Gasteiger partial charge is 0.135 e. The summed E-state index contributed by atoms with van der Waals surface area (Å²) in [5, 5.41) is 4.55. The van der Waals surface area contributed by atoms with Crippen LogP contribution < -0.4 is 9.47 Å². The molecule has 0 radical (unpaired) electrons. The number of unbranched alkanes of at least 4 members (excludes halogenated alkanes) is 4. The Morgan fingerprint density at radius 3 is 1.47 bits per heavy atom. The van der Waals surface area contributed by atoms with Crippen LogP contribution in [0, 0.1) is 13.8 Å². The predicted molar refractivity (Wildman–Crippen MR) is 139 cm³/mol. The van der Waals surface area contributed by atoms with Gasteiger partial charge in [-0.05, 0) is 37.8 Å². The quantitative estimate of drug-likeness (QED) is 0.162. The highest BCUT2D eigenvalue weighted by atomic mass is 16.5. The van der Waals surface area contributed by atoms with Crippen molar-refractivity contribution in [1.29, 1.82) is 0 Å². The van der Waals surface area contributed by atoms with E-state index in [1.165, 1.54) is 36.8 Å². The van der Waals surface area contributed by atoms with Crippen molar-refractivity contribution < 1.29 is 9.47 Å². The second-order valence-electron chi connectivity index (χ2n) is 8.50. The molecule has 170 valence electrons. The molecule has 0 unspecified atom stereocenters. The van der Waals surface area contributed by atoms with Crippen LogP contribution in [0.2, 0.25) is 0 Å². The molecular formula is C30H38O2. The molecule has 0 amide bonds. The summed E-state index contributed by atoms with van der Waals surface area (Å²) in [6.07, 6.45) is 15.8. The van der Waals surface area contributed by atoms with Gasteiger partial charge in [0.15, 0.2) is 0 Å². The highest BCUT2D eigenvalue weighted by molar-refractivity contribution is 6.13. The number of ether oxygens (including phenoxy) is 2. The molecule has 3 rings (SSSR count). The number of aryl methyl sites for hydroxylation is 2. The fraction of sp³-hybridized carbons (Fsp3) is 0.400. The molecule has 0 aliphatic carbocycles. The molecule has 0 N–H and O–H groups in total. The maximum absolute atomic E-state index is 6.42. The Hall–Kier alpha value is -2.74. The number of fused-ring (bicyclic) bond motifs is 2. The van der Waals surface area contributed by atoms with Gasteiger partial charge in [0, 0.05) is 21.5 Å². The Bertz CT molecular complexity index is 988. The molecule has 0 saturated heterocycles. The molecule has 2 nitrogen and oxygen atoms in total. The molecule has 0 atom stereocenters. The van der Waals surface area contributed by atoms with Gasteiger partial charge in [-0.1, -0.05) is 100 Å². The van der Waals surface area contributed by atoms with E-state index in [2.05, 4.69) is 88.4 Å². The second kappa shape index (κ2) is 12.3. The van der Waals surface area contributed by atoms with Gasteiger partial charge in [0.25, 0.3) is 0 Å². The minimum absolute atomic E-state index is 0.580. The molecule has 3 aromatic rings. The lowest BCUT2D eigenvalue weighted by molar-refractivity contribution is 0.364. The average Bonchev–Trinajstić information content (AvgIpc) is 2.79. The van der Waals surface area contributed by atoms with Gasteiger partial charge >= 0.3 is 0 Å². The van der Waals surface area contributed by atoms with E-state index in [1.54, 1.807) is 0 Å². The van der Waals surface area contributed by atoms with E-state index in [0.717, 1.165) is 45.9 Å². The molecular weight excluding hydrogens is 392 g/mol. The van der Waals surface area contributed by atoms with Crippen LogP contribution in [-0.4, -0.2) is 13.2 Å². The van der Waals surface area contributed by atoms with Gasteiger partial charge in [-0.3, -0.25) is 0 Å². The first kappa shape index (κ1) is 23.9. The highest BCUT2D eigenvalue weighted by Crippen LogP contribution is 2.45. The third-order valence-corrected chi connectivity index (χ3v) is 5.92. The van der Waals surface area contributed by atoms with Crippen LogP contribution in [0.25, 0.3) is 21.5 Å². The average molecular weight is 431 g/mol. The molecule has 0 saturated carbocycles. The van der Waals surface area contributed by atoms with Crippen molar-refractivity contribution in [2.75, 3.05) is 13.2 Å². The molecule has 0 aliphatic rings. The Morgan fingerprint density at radius 1 is 0.625 bits per heavy atom. The lowest BCUT2D eigenvalue weighted by atomic mass is 9.95. The van der Waals surface area contributed by atoms with Crippen molar-refractivity contribution in [2.45, 2.75) is 66.2 Å². The fourth-order valence-electron chi connectivity index (χ4n) is 4.16. The van der Waals surface area contributed by atoms with Crippen LogP contribution in [0.4, 0.5) is 0 Å². The molecule has 0 aromatic heterocycles. The van der Waals surface area contributed by atoms with Gasteiger partial charge < -0.3 is 9.47 Å². The number of hydrogen-bond donors (Lipinski definition) is 0. The van der Waals surface area contributed by atoms with Crippen LogP contribution in [0.15, 0.2) is 60.7 Å². The summed E-state index contributed by atoms with van der Waals surface area (Å²) in [6.45, 7) is 9.91. The van der Waals surface area contributed by atoms with Crippen molar-refractivity contribution in [3.05, 3.63) is 71.8 Å². The number of rotatable bonds is 12. The minimum Gasteiger partial charge on any atom is -0.488 e. The Kier molecular flexibility index (Phi) is 9.22. The number of allylic oxidation sites excluding steroid dienone is 2. The lowest BCUT2D eigenvalue weighted by Crippen LogP contribution is -2.01. The third kappa shape index (κ3) is 5.73. The molecule has 2 heteroatoms. The van der Waals surface area contributed by atoms with E-state index in [-0.39, 0.29) is 0 Å². The summed E-state index contributed by atoms with van der Waals surface area (Å²) in [5.74, 6) is 1.92. The summed E-state index contributed by atoms with van der Waals surface area (Å²) >= 11 is 0. The summed E-state index contributed by atoms with van der Waals surface area (Å²) in [7, 11) is 0. The fourth-order valence-corrected chi connectivity index (χ4v) is 4.16. The summed E-state index contributed by atoms with van der Waals surface area (Å²) < 4.78 is 12.8. The summed E-state index contributed by atoms with van der Waals surface area (Å²) in [5.41, 5.74) is 2.42. The van der Waals surface area contributed by atoms with Gasteiger partial charge in [0.05, 0.1) is 0 Å². The predicted octanol–water partition coefficient (Wildman–Crippen LogP) is 8.86. The lowest BCUT2D eigenvalue weighted by Gasteiger charge is -2.19. The van der Waals surface area contributed by atoms with Gasteiger partial charge in [-0.2, -0.15) is 0 Å². The van der Waals surface area contributed by atoms with Crippen molar-refractivity contribution in [3.63, 3.8) is 0 Å². The molecule has 0 fully saturated rings. The van der Waals surface area contributed by atoms with Crippen LogP contribution in [0.1, 0.15) is 63.5 Å². The van der Waals surface area contributed by atoms with E-state index < -0.39 is 0 Å². The maximum Gasteiger partial charge on any atom is 0.135 e. The number of benzene rings is 3. The zero-order chi connectivity index (χ0) is 22.8. The second-order valence-corrected chi connectivity index (χ2v) is 8.50. The van der Waals surface area contributed by atoms with Crippen LogP contribution in [0.3, 0.4) is 0 Å². The van der Waals surface area contributed by atoms with Gasteiger partial charge in [0.2, 0.25) is 0 Å². The maximum atomic E-state index is 6.42. The number of hydrogen-bond acceptors (Lipinski definition) is 2. The van der Waals surface area contributed by atoms with Crippen LogP contribution in [0.5, 0.6) is 11.5 Å². The topological polar surface area (TPSA) is 18.5 Å². The van der Waals surface area contributed by atoms with Crippen molar-refractivity contribution >= 4 is 21.5 Å². The van der Waals surface area contributed by atoms with E-state index in [0.29, 0.717) is 13.2 Å². The molecule has 0 aliphatic heterocycles. The van der Waals surface area contributed by atoms with Crippen molar-refractivity contribution in [2.24, 2.45) is 0 Å². The summed E-state index contributed by atoms with van der Waals surface area (Å²) in [4.78, 5) is 0. The minimum atomic E-state index is 0.580. The Balaban J connectivity index is 2.03. The third-order valence-electron chi connectivity index (χ3n) is 5.92. The SMILES string of the molecule is CCCC/C=C/COc1c2cccc(C)c2c(OC/C=C/CCCC)c2cccc(C)c12. The normalized spacial score (nSPS) is 11.9. The highest BCUT2D eigenvalue weighted by Gasteiger charge is 2.18. The Morgan fingerprint density at radius 2 is 1.06 bits per heavy atom. The van der Waals surface area contributed by atoms with Gasteiger partial charge in [-0.25, -0.2) is 0 Å². The molecule has 0 heterocycles. The monoisotopic (exact) mass is 430 g/mol. The van der Waals surface area contributed by atoms with Gasteiger partial charge in [-0.15, -0.1) is 0 Å². The molecule has 32 heavy (non-hydrogen) atoms. The largest absolute Gasteiger partial charge is 0.488 e. The van der Waals surface area contributed by atoms with Crippen molar-refractivity contribution in [3.8, 4) is 11.5 Å². The molecule has 3 aromatic carbocycles. The summed E-state index contributed by atoms with van der Waals surface area (Å²) in [6, 6.07) is 12.9. The van der Waals surface area contributed by atoms with Crippen LogP contribution in [-0.2, 0) is 0 Å². The zero-order valence-electron chi connectivity index (χ0n) is 20.2.